The predicted molar refractivity (Wildman–Crippen MR) is 104 cm³/mol. The molecule has 0 radical (unpaired) electrons. The minimum Gasteiger partial charge on any atom is -0.330 e. The lowest BCUT2D eigenvalue weighted by atomic mass is 9.95. The first-order valence-corrected chi connectivity index (χ1v) is 9.06. The van der Waals surface area contributed by atoms with Gasteiger partial charge in [0.05, 0.1) is 0 Å². The van der Waals surface area contributed by atoms with Crippen molar-refractivity contribution in [3.8, 4) is 0 Å². The fraction of sp³-hybridized carbons (Fsp3) is 0.333. The fourth-order valence-corrected chi connectivity index (χ4v) is 3.51. The SMILES string of the molecule is Cc1ccc(C(=O)Nc2ccccc2)cc1NC(=O)[C@@H]1CCC[C@@H]1CN. The van der Waals surface area contributed by atoms with Crippen LogP contribution in [0.3, 0.4) is 0 Å². The number of hydrogen-bond acceptors (Lipinski definition) is 3. The Morgan fingerprint density at radius 1 is 1.08 bits per heavy atom. The molecule has 0 aromatic heterocycles. The molecule has 0 bridgehead atoms. The molecular formula is C21H25N3O2. The Balaban J connectivity index is 1.73. The molecule has 4 N–H and O–H groups in total. The Morgan fingerprint density at radius 2 is 1.85 bits per heavy atom. The molecule has 1 aliphatic rings. The van der Waals surface area contributed by atoms with E-state index in [0.29, 0.717) is 17.8 Å². The van der Waals surface area contributed by atoms with Crippen molar-refractivity contribution in [2.24, 2.45) is 17.6 Å². The number of nitrogens with one attached hydrogen (secondary N) is 2. The molecule has 0 spiro atoms. The van der Waals surface area contributed by atoms with E-state index in [-0.39, 0.29) is 23.7 Å². The molecule has 2 aromatic carbocycles. The van der Waals surface area contributed by atoms with Crippen molar-refractivity contribution in [1.29, 1.82) is 0 Å². The number of carbonyl (C=O) groups excluding carboxylic acids is 2. The lowest BCUT2D eigenvalue weighted by Gasteiger charge is -2.18. The summed E-state index contributed by atoms with van der Waals surface area (Å²) >= 11 is 0. The molecular weight excluding hydrogens is 326 g/mol. The number of rotatable bonds is 5. The van der Waals surface area contributed by atoms with Gasteiger partial charge in [0.2, 0.25) is 5.91 Å². The average Bonchev–Trinajstić information content (AvgIpc) is 3.13. The summed E-state index contributed by atoms with van der Waals surface area (Å²) in [4.78, 5) is 25.1. The van der Waals surface area contributed by atoms with E-state index in [9.17, 15) is 9.59 Å². The lowest BCUT2D eigenvalue weighted by Crippen LogP contribution is -2.30. The molecule has 0 unspecified atom stereocenters. The van der Waals surface area contributed by atoms with Gasteiger partial charge in [-0.3, -0.25) is 9.59 Å². The number of benzene rings is 2. The normalized spacial score (nSPS) is 19.2. The molecule has 1 aliphatic carbocycles. The predicted octanol–water partition coefficient (Wildman–Crippen LogP) is 3.56. The topological polar surface area (TPSA) is 84.2 Å². The second-order valence-corrected chi connectivity index (χ2v) is 6.87. The third-order valence-electron chi connectivity index (χ3n) is 5.09. The monoisotopic (exact) mass is 351 g/mol. The minimum atomic E-state index is -0.201. The highest BCUT2D eigenvalue weighted by Gasteiger charge is 2.32. The van der Waals surface area contributed by atoms with Crippen LogP contribution in [-0.4, -0.2) is 18.4 Å². The van der Waals surface area contributed by atoms with Gasteiger partial charge >= 0.3 is 0 Å². The van der Waals surface area contributed by atoms with Gasteiger partial charge in [0.1, 0.15) is 0 Å². The minimum absolute atomic E-state index is 0.00154. The molecule has 5 nitrogen and oxygen atoms in total. The largest absolute Gasteiger partial charge is 0.330 e. The van der Waals surface area contributed by atoms with Crippen LogP contribution in [0, 0.1) is 18.8 Å². The molecule has 2 amide bonds. The third-order valence-corrected chi connectivity index (χ3v) is 5.09. The summed E-state index contributed by atoms with van der Waals surface area (Å²) in [6.07, 6.45) is 2.92. The highest BCUT2D eigenvalue weighted by Crippen LogP contribution is 2.32. The quantitative estimate of drug-likeness (QED) is 0.770. The van der Waals surface area contributed by atoms with Gasteiger partial charge in [0.25, 0.3) is 5.91 Å². The van der Waals surface area contributed by atoms with Crippen molar-refractivity contribution in [1.82, 2.24) is 0 Å². The van der Waals surface area contributed by atoms with Gasteiger partial charge in [0.15, 0.2) is 0 Å². The Kier molecular flexibility index (Phi) is 5.68. The van der Waals surface area contributed by atoms with Crippen LogP contribution < -0.4 is 16.4 Å². The second kappa shape index (κ2) is 8.15. The summed E-state index contributed by atoms with van der Waals surface area (Å²) in [7, 11) is 0. The van der Waals surface area contributed by atoms with E-state index in [1.807, 2.05) is 43.3 Å². The van der Waals surface area contributed by atoms with E-state index in [1.54, 1.807) is 12.1 Å². The van der Waals surface area contributed by atoms with Crippen molar-refractivity contribution in [3.63, 3.8) is 0 Å². The molecule has 2 atom stereocenters. The van der Waals surface area contributed by atoms with Crippen molar-refractivity contribution in [2.75, 3.05) is 17.2 Å². The zero-order valence-electron chi connectivity index (χ0n) is 15.0. The number of nitrogens with two attached hydrogens (primary N) is 1. The summed E-state index contributed by atoms with van der Waals surface area (Å²) in [5.41, 5.74) is 8.64. The van der Waals surface area contributed by atoms with E-state index in [0.717, 1.165) is 30.5 Å². The van der Waals surface area contributed by atoms with Crippen LogP contribution in [0.25, 0.3) is 0 Å². The van der Waals surface area contributed by atoms with Crippen LogP contribution in [0.15, 0.2) is 48.5 Å². The molecule has 1 fully saturated rings. The molecule has 0 saturated heterocycles. The van der Waals surface area contributed by atoms with Crippen LogP contribution in [0.4, 0.5) is 11.4 Å². The van der Waals surface area contributed by atoms with Gasteiger partial charge in [-0.2, -0.15) is 0 Å². The van der Waals surface area contributed by atoms with Crippen molar-refractivity contribution < 1.29 is 9.59 Å². The van der Waals surface area contributed by atoms with E-state index < -0.39 is 0 Å². The third kappa shape index (κ3) is 4.11. The highest BCUT2D eigenvalue weighted by atomic mass is 16.2. The van der Waals surface area contributed by atoms with Gasteiger partial charge in [-0.05, 0) is 62.1 Å². The zero-order chi connectivity index (χ0) is 18.5. The van der Waals surface area contributed by atoms with Crippen LogP contribution in [0.5, 0.6) is 0 Å². The number of hydrogen-bond donors (Lipinski definition) is 3. The molecule has 3 rings (SSSR count). The fourth-order valence-electron chi connectivity index (χ4n) is 3.51. The Labute approximate surface area is 154 Å². The maximum absolute atomic E-state index is 12.6. The maximum Gasteiger partial charge on any atom is 0.255 e. The summed E-state index contributed by atoms with van der Waals surface area (Å²) in [5.74, 6) is 0.00939. The molecule has 5 heteroatoms. The van der Waals surface area contributed by atoms with E-state index in [2.05, 4.69) is 10.6 Å². The molecule has 0 aliphatic heterocycles. The highest BCUT2D eigenvalue weighted by molar-refractivity contribution is 6.05. The van der Waals surface area contributed by atoms with Crippen LogP contribution in [0.2, 0.25) is 0 Å². The number of anilines is 2. The van der Waals surface area contributed by atoms with E-state index in [4.69, 9.17) is 5.73 Å². The second-order valence-electron chi connectivity index (χ2n) is 6.87. The number of carbonyl (C=O) groups is 2. The smallest absolute Gasteiger partial charge is 0.255 e. The Morgan fingerprint density at radius 3 is 2.58 bits per heavy atom. The van der Waals surface area contributed by atoms with Gasteiger partial charge in [-0.15, -0.1) is 0 Å². The molecule has 1 saturated carbocycles. The van der Waals surface area contributed by atoms with Gasteiger partial charge in [-0.1, -0.05) is 30.7 Å². The van der Waals surface area contributed by atoms with Crippen molar-refractivity contribution >= 4 is 23.2 Å². The summed E-state index contributed by atoms with van der Waals surface area (Å²) < 4.78 is 0. The average molecular weight is 351 g/mol. The first kappa shape index (κ1) is 18.1. The van der Waals surface area contributed by atoms with Gasteiger partial charge < -0.3 is 16.4 Å². The van der Waals surface area contributed by atoms with Crippen LogP contribution in [0.1, 0.15) is 35.2 Å². The molecule has 26 heavy (non-hydrogen) atoms. The number of para-hydroxylation sites is 1. The first-order valence-electron chi connectivity index (χ1n) is 9.06. The van der Waals surface area contributed by atoms with Crippen LogP contribution in [-0.2, 0) is 4.79 Å². The first-order chi connectivity index (χ1) is 12.6. The van der Waals surface area contributed by atoms with Gasteiger partial charge in [-0.25, -0.2) is 0 Å². The lowest BCUT2D eigenvalue weighted by molar-refractivity contribution is -0.120. The van der Waals surface area contributed by atoms with Crippen molar-refractivity contribution in [2.45, 2.75) is 26.2 Å². The Hall–Kier alpha value is -2.66. The maximum atomic E-state index is 12.6. The molecule has 2 aromatic rings. The standard InChI is InChI=1S/C21H25N3O2/c1-14-10-11-15(20(25)23-17-7-3-2-4-8-17)12-19(14)24-21(26)18-9-5-6-16(18)13-22/h2-4,7-8,10-12,16,18H,5-6,9,13,22H2,1H3,(H,23,25)(H,24,26)/t16-,18-/m1/s1. The van der Waals surface area contributed by atoms with Crippen molar-refractivity contribution in [3.05, 3.63) is 59.7 Å². The van der Waals surface area contributed by atoms with Crippen LogP contribution >= 0.6 is 0 Å². The number of aryl methyl sites for hydroxylation is 1. The Bertz CT molecular complexity index is 789. The summed E-state index contributed by atoms with van der Waals surface area (Å²) in [6, 6.07) is 14.7. The van der Waals surface area contributed by atoms with E-state index in [1.165, 1.54) is 0 Å². The van der Waals surface area contributed by atoms with E-state index >= 15 is 0 Å². The zero-order valence-corrected chi connectivity index (χ0v) is 15.0. The summed E-state index contributed by atoms with van der Waals surface area (Å²) in [5, 5.41) is 5.86. The molecule has 136 valence electrons. The summed E-state index contributed by atoms with van der Waals surface area (Å²) in [6.45, 7) is 2.46. The molecule has 0 heterocycles. The number of amides is 2. The van der Waals surface area contributed by atoms with Gasteiger partial charge in [0, 0.05) is 22.9 Å².